The summed E-state index contributed by atoms with van der Waals surface area (Å²) < 4.78 is 12.5. The molecular weight excluding hydrogens is 287 g/mol. The molecule has 0 fully saturated rings. The van der Waals surface area contributed by atoms with Crippen LogP contribution in [0.25, 0.3) is 12.2 Å². The largest absolute Gasteiger partial charge is 0.317 e. The second-order valence-corrected chi connectivity index (χ2v) is 6.87. The average Bonchev–Trinajstić information content (AvgIpc) is 2.61. The van der Waals surface area contributed by atoms with Crippen molar-refractivity contribution >= 4 is 30.6 Å². The van der Waals surface area contributed by atoms with Crippen LogP contribution in [0.3, 0.4) is 0 Å². The van der Waals surface area contributed by atoms with Gasteiger partial charge in [-0.05, 0) is 11.1 Å². The molecule has 2 heteroatoms. The van der Waals surface area contributed by atoms with Crippen LogP contribution in [0.15, 0.2) is 84.9 Å². The molecule has 0 bridgehead atoms. The first kappa shape index (κ1) is 14.6. The van der Waals surface area contributed by atoms with Gasteiger partial charge in [0, 0.05) is 10.6 Å². The minimum absolute atomic E-state index is 0.896. The normalized spacial score (nSPS) is 12.4. The van der Waals surface area contributed by atoms with E-state index >= 15 is 0 Å². The number of hydrogen-bond donors (Lipinski definition) is 0. The molecule has 0 saturated heterocycles. The van der Waals surface area contributed by atoms with Gasteiger partial charge in [0.2, 0.25) is 0 Å². The molecule has 1 nitrogen and oxygen atoms in total. The first-order valence-corrected chi connectivity index (χ1v) is 8.67. The van der Waals surface area contributed by atoms with Crippen LogP contribution in [-0.2, 0) is 4.57 Å². The van der Waals surface area contributed by atoms with E-state index in [2.05, 4.69) is 24.3 Å². The molecule has 0 aliphatic heterocycles. The quantitative estimate of drug-likeness (QED) is 0.517. The molecule has 0 aromatic heterocycles. The summed E-state index contributed by atoms with van der Waals surface area (Å²) in [5.74, 6) is 0. The Bertz CT molecular complexity index is 775. The van der Waals surface area contributed by atoms with Crippen LogP contribution in [0.1, 0.15) is 11.1 Å². The molecule has 0 spiro atoms. The SMILES string of the molecule is O=[PH](c1ccccc1)c1ccc(C=Cc2ccccc2)cc1. The Hall–Kier alpha value is -2.37. The van der Waals surface area contributed by atoms with E-state index in [1.807, 2.05) is 72.8 Å². The second-order valence-electron chi connectivity index (χ2n) is 5.06. The molecule has 1 unspecified atom stereocenters. The molecule has 0 heterocycles. The molecule has 1 atom stereocenters. The van der Waals surface area contributed by atoms with Crippen molar-refractivity contribution in [2.24, 2.45) is 0 Å². The van der Waals surface area contributed by atoms with Crippen LogP contribution in [0.2, 0.25) is 0 Å². The highest BCUT2D eigenvalue weighted by molar-refractivity contribution is 7.61. The van der Waals surface area contributed by atoms with Crippen LogP contribution in [-0.4, -0.2) is 0 Å². The third-order valence-corrected chi connectivity index (χ3v) is 5.19. The van der Waals surface area contributed by atoms with Gasteiger partial charge in [-0.2, -0.15) is 0 Å². The summed E-state index contributed by atoms with van der Waals surface area (Å²) in [4.78, 5) is 0. The number of benzene rings is 3. The summed E-state index contributed by atoms with van der Waals surface area (Å²) in [5.41, 5.74) is 2.28. The zero-order valence-electron chi connectivity index (χ0n) is 12.1. The van der Waals surface area contributed by atoms with Gasteiger partial charge < -0.3 is 4.57 Å². The van der Waals surface area contributed by atoms with Gasteiger partial charge in [-0.1, -0.05) is 97.1 Å². The zero-order valence-corrected chi connectivity index (χ0v) is 13.1. The van der Waals surface area contributed by atoms with Crippen molar-refractivity contribution in [1.29, 1.82) is 0 Å². The highest BCUT2D eigenvalue weighted by Gasteiger charge is 2.05. The fourth-order valence-electron chi connectivity index (χ4n) is 2.26. The lowest BCUT2D eigenvalue weighted by Crippen LogP contribution is -2.05. The van der Waals surface area contributed by atoms with E-state index in [1.54, 1.807) is 0 Å². The molecule has 3 rings (SSSR count). The summed E-state index contributed by atoms with van der Waals surface area (Å²) in [6, 6.07) is 27.8. The fourth-order valence-corrected chi connectivity index (χ4v) is 3.56. The van der Waals surface area contributed by atoms with E-state index in [0.29, 0.717) is 0 Å². The topological polar surface area (TPSA) is 17.1 Å². The first-order chi connectivity index (χ1) is 10.8. The lowest BCUT2D eigenvalue weighted by Gasteiger charge is -2.03. The second kappa shape index (κ2) is 7.06. The smallest absolute Gasteiger partial charge is 0.131 e. The van der Waals surface area contributed by atoms with E-state index in [-0.39, 0.29) is 0 Å². The van der Waals surface area contributed by atoms with Gasteiger partial charge in [0.1, 0.15) is 7.80 Å². The first-order valence-electron chi connectivity index (χ1n) is 7.26. The van der Waals surface area contributed by atoms with E-state index < -0.39 is 7.80 Å². The van der Waals surface area contributed by atoms with Crippen molar-refractivity contribution in [3.8, 4) is 0 Å². The Morgan fingerprint density at radius 2 is 1.00 bits per heavy atom. The van der Waals surface area contributed by atoms with Crippen molar-refractivity contribution in [2.75, 3.05) is 0 Å². The van der Waals surface area contributed by atoms with Crippen molar-refractivity contribution in [3.63, 3.8) is 0 Å². The average molecular weight is 304 g/mol. The Balaban J connectivity index is 1.76. The van der Waals surface area contributed by atoms with Crippen molar-refractivity contribution in [3.05, 3.63) is 96.1 Å². The Labute approximate surface area is 131 Å². The van der Waals surface area contributed by atoms with Gasteiger partial charge in [-0.25, -0.2) is 0 Å². The molecule has 3 aromatic carbocycles. The molecule has 0 aliphatic rings. The van der Waals surface area contributed by atoms with Gasteiger partial charge in [0.15, 0.2) is 0 Å². The maximum atomic E-state index is 12.5. The third-order valence-electron chi connectivity index (χ3n) is 3.48. The maximum Gasteiger partial charge on any atom is 0.131 e. The predicted octanol–water partition coefficient (Wildman–Crippen LogP) is 4.37. The summed E-state index contributed by atoms with van der Waals surface area (Å²) in [6.07, 6.45) is 4.15. The molecule has 22 heavy (non-hydrogen) atoms. The van der Waals surface area contributed by atoms with E-state index in [1.165, 1.54) is 5.56 Å². The Kier molecular flexibility index (Phi) is 4.68. The molecule has 0 N–H and O–H groups in total. The van der Waals surface area contributed by atoms with Crippen molar-refractivity contribution < 1.29 is 4.57 Å². The molecule has 0 amide bonds. The minimum atomic E-state index is -1.90. The van der Waals surface area contributed by atoms with Crippen molar-refractivity contribution in [1.82, 2.24) is 0 Å². The number of hydrogen-bond acceptors (Lipinski definition) is 1. The lowest BCUT2D eigenvalue weighted by molar-refractivity contribution is 0.598. The van der Waals surface area contributed by atoms with Crippen molar-refractivity contribution in [2.45, 2.75) is 0 Å². The summed E-state index contributed by atoms with van der Waals surface area (Å²) in [6.45, 7) is 0. The summed E-state index contributed by atoms with van der Waals surface area (Å²) in [7, 11) is -1.90. The van der Waals surface area contributed by atoms with E-state index in [9.17, 15) is 4.57 Å². The molecule has 0 radical (unpaired) electrons. The van der Waals surface area contributed by atoms with Gasteiger partial charge in [0.05, 0.1) is 0 Å². The van der Waals surface area contributed by atoms with E-state index in [0.717, 1.165) is 16.2 Å². The van der Waals surface area contributed by atoms with Crippen LogP contribution in [0.5, 0.6) is 0 Å². The van der Waals surface area contributed by atoms with Crippen LogP contribution in [0, 0.1) is 0 Å². The van der Waals surface area contributed by atoms with Gasteiger partial charge in [-0.3, -0.25) is 0 Å². The molecule has 0 saturated carbocycles. The fraction of sp³-hybridized carbons (Fsp3) is 0. The van der Waals surface area contributed by atoms with E-state index in [4.69, 9.17) is 0 Å². The maximum absolute atomic E-state index is 12.5. The van der Waals surface area contributed by atoms with Gasteiger partial charge in [0.25, 0.3) is 0 Å². The summed E-state index contributed by atoms with van der Waals surface area (Å²) in [5, 5.41) is 1.80. The van der Waals surface area contributed by atoms with Crippen LogP contribution < -0.4 is 10.6 Å². The third kappa shape index (κ3) is 3.63. The molecular formula is C20H17OP. The zero-order chi connectivity index (χ0) is 15.2. The lowest BCUT2D eigenvalue weighted by atomic mass is 10.1. The van der Waals surface area contributed by atoms with Gasteiger partial charge in [-0.15, -0.1) is 0 Å². The molecule has 108 valence electrons. The molecule has 3 aromatic rings. The Morgan fingerprint density at radius 3 is 1.59 bits per heavy atom. The summed E-state index contributed by atoms with van der Waals surface area (Å²) >= 11 is 0. The monoisotopic (exact) mass is 304 g/mol. The Morgan fingerprint density at radius 1 is 0.545 bits per heavy atom. The van der Waals surface area contributed by atoms with Gasteiger partial charge >= 0.3 is 0 Å². The highest BCUT2D eigenvalue weighted by Crippen LogP contribution is 2.19. The highest BCUT2D eigenvalue weighted by atomic mass is 31.1. The predicted molar refractivity (Wildman–Crippen MR) is 96.5 cm³/mol. The molecule has 0 aliphatic carbocycles. The van der Waals surface area contributed by atoms with Crippen LogP contribution in [0.4, 0.5) is 0 Å². The standard InChI is InChI=1S/C20H17OP/c21-22(19-9-5-2-6-10-19)20-15-13-18(14-16-20)12-11-17-7-3-1-4-8-17/h1-16,22H. The number of rotatable bonds is 4. The minimum Gasteiger partial charge on any atom is -0.317 e. The van der Waals surface area contributed by atoms with Crippen LogP contribution >= 0.6 is 7.80 Å².